The smallest absolute Gasteiger partial charge is 0.455 e. The number of esters is 3. The minimum absolute atomic E-state index is 0.0713. The largest absolute Gasteiger partial charge is 0.479 e. The number of hydrogen-bond acceptors (Lipinski definition) is 20. The summed E-state index contributed by atoms with van der Waals surface area (Å²) in [5.74, 6) is -2.52. The van der Waals surface area contributed by atoms with Gasteiger partial charge in [0, 0.05) is 26.4 Å². The van der Waals surface area contributed by atoms with Crippen molar-refractivity contribution >= 4 is 68.9 Å². The zero-order valence-corrected chi connectivity index (χ0v) is 51.5. The molecule has 4 saturated carbocycles. The lowest BCUT2D eigenvalue weighted by molar-refractivity contribution is -0.165. The number of carboxylic acid groups (broad SMARTS) is 1. The minimum Gasteiger partial charge on any atom is -0.479 e. The summed E-state index contributed by atoms with van der Waals surface area (Å²) >= 11 is 0. The Bertz CT molecular complexity index is 3470. The molecule has 2 heterocycles. The van der Waals surface area contributed by atoms with Gasteiger partial charge < -0.3 is 38.3 Å². The van der Waals surface area contributed by atoms with Crippen LogP contribution in [0.5, 0.6) is 0 Å². The first-order valence-electron chi connectivity index (χ1n) is 28.8. The number of nitrogens with one attached hydrogen (secondary N) is 1. The zero-order valence-electron chi connectivity index (χ0n) is 48.3. The number of aliphatic carboxylic acids is 1. The molecule has 2 unspecified atom stereocenters. The number of carbonyl (C=O) groups is 4. The molecule has 10 rings (SSSR count). The maximum absolute atomic E-state index is 12.3. The van der Waals surface area contributed by atoms with Crippen LogP contribution in [0.4, 0.5) is 0 Å². The van der Waals surface area contributed by atoms with Gasteiger partial charge in [0.05, 0.1) is 94.9 Å². The van der Waals surface area contributed by atoms with E-state index in [0.717, 1.165) is 44.1 Å². The maximum Gasteiger partial charge on any atom is 0.455 e. The van der Waals surface area contributed by atoms with Gasteiger partial charge in [0.25, 0.3) is 0 Å². The third-order valence-corrected chi connectivity index (χ3v) is 23.7. The van der Waals surface area contributed by atoms with E-state index in [9.17, 15) is 58.0 Å². The van der Waals surface area contributed by atoms with E-state index < -0.39 is 69.5 Å². The van der Waals surface area contributed by atoms with Crippen LogP contribution in [-0.2, 0) is 98.1 Å². The van der Waals surface area contributed by atoms with E-state index in [2.05, 4.69) is 4.79 Å². The first-order chi connectivity index (χ1) is 41.0. The molecule has 86 heavy (non-hydrogen) atoms. The third-order valence-electron chi connectivity index (χ3n) is 14.5. The summed E-state index contributed by atoms with van der Waals surface area (Å²) in [6.07, 6.45) is 6.57. The molecule has 22 nitrogen and oxygen atoms in total. The van der Waals surface area contributed by atoms with Crippen molar-refractivity contribution in [2.24, 2.45) is 0 Å². The van der Waals surface area contributed by atoms with Gasteiger partial charge in [-0.2, -0.15) is 0 Å². The van der Waals surface area contributed by atoms with Crippen molar-refractivity contribution in [1.29, 1.82) is 5.53 Å². The van der Waals surface area contributed by atoms with E-state index in [0.29, 0.717) is 98.0 Å². The number of carbonyl (C=O) groups excluding carboxylic acids is 3. The molecule has 6 fully saturated rings. The first-order valence-corrected chi connectivity index (χ1v) is 35.0. The highest BCUT2D eigenvalue weighted by atomic mass is 32.2. The summed E-state index contributed by atoms with van der Waals surface area (Å²) in [5.41, 5.74) is 9.10. The summed E-state index contributed by atoms with van der Waals surface area (Å²) in [6.45, 7) is 8.31. The van der Waals surface area contributed by atoms with Crippen LogP contribution in [0.1, 0.15) is 132 Å². The van der Waals surface area contributed by atoms with E-state index in [1.807, 2.05) is 0 Å². The summed E-state index contributed by atoms with van der Waals surface area (Å²) < 4.78 is 134. The van der Waals surface area contributed by atoms with Crippen LogP contribution < -0.4 is 0 Å². The number of hydrogen-bond donors (Lipinski definition) is 2. The molecule has 2 saturated heterocycles. The molecule has 0 aromatic heterocycles. The number of ether oxygens (including phenoxy) is 7. The Hall–Kier alpha value is -6.22. The van der Waals surface area contributed by atoms with Gasteiger partial charge in [0.1, 0.15) is 0 Å². The molecule has 0 radical (unpaired) electrons. The van der Waals surface area contributed by atoms with E-state index in [1.54, 1.807) is 69.3 Å². The number of sulfone groups is 4. The van der Waals surface area contributed by atoms with Crippen LogP contribution in [0, 0.1) is 5.53 Å². The highest BCUT2D eigenvalue weighted by Gasteiger charge is 2.40. The Labute approximate surface area is 502 Å². The predicted molar refractivity (Wildman–Crippen MR) is 310 cm³/mol. The van der Waals surface area contributed by atoms with Gasteiger partial charge in [0.15, 0.2) is 51.6 Å². The Morgan fingerprint density at radius 3 is 1.16 bits per heavy atom. The molecule has 2 aliphatic heterocycles. The fraction of sp³-hybridized carbons (Fsp3) is 0.517. The van der Waals surface area contributed by atoms with Crippen molar-refractivity contribution in [2.45, 2.75) is 169 Å². The highest BCUT2D eigenvalue weighted by molar-refractivity contribution is 7.93. The SMILES string of the molecule is CCOC(=O)C(=[N+]=N)c1ccc(S(=O)(=O)C2CC2)cc1.CCOC(=O)C(OC1CCOCC1)c1ccc(S(=O)(=O)C2CC2)cc1.CCOC(=O)Cc1ccc(S(=O)(=O)C2CC2)cc1.O=C(O)C(OC1CCOCC1)c1ccc(S(=O)(=O)C2CC2)cc1. The molecule has 468 valence electrons. The van der Waals surface area contributed by atoms with E-state index in [1.165, 1.54) is 48.5 Å². The second-order valence-electron chi connectivity index (χ2n) is 21.2. The number of nitrogens with zero attached hydrogens (tertiary/aromatic N) is 1. The average Bonchev–Trinajstić information content (AvgIpc) is 3.02. The van der Waals surface area contributed by atoms with Crippen molar-refractivity contribution in [1.82, 2.24) is 0 Å². The highest BCUT2D eigenvalue weighted by Crippen LogP contribution is 2.37. The van der Waals surface area contributed by atoms with Crippen molar-refractivity contribution < 1.29 is 95.9 Å². The molecule has 2 atom stereocenters. The molecule has 6 aliphatic rings. The van der Waals surface area contributed by atoms with E-state index in [-0.39, 0.29) is 74.3 Å². The average molecular weight is 1270 g/mol. The standard InChI is InChI=1S/C18H24O6S.C16H20O6S.C13H15N2O4S.C13H16O4S/c1-2-23-18(19)17(24-14-9-11-22-12-10-14)13-3-5-15(6-4-13)25(20,21)16-7-8-16;17-16(18)15(22-12-7-9-21-10-8-12)11-1-3-13(4-2-11)23(19,20)14-5-6-14;1-2-19-13(16)12(15-14)9-3-5-10(6-4-9)20(17,18)11-7-8-11;1-2-17-13(14)9-10-3-5-11(6-4-10)18(15,16)12-7-8-12/h3-6,14,16-17H,2,7-12H2,1H3;1-4,12,14-15H,5-10H2,(H,17,18);3-6,11,14H,2,7-8H2,1H3;3-6,12H,2,7-9H2,1H3/q;;+1;. The minimum atomic E-state index is -3.26. The first kappa shape index (κ1) is 67.3. The lowest BCUT2D eigenvalue weighted by Crippen LogP contribution is -2.29. The van der Waals surface area contributed by atoms with Crippen LogP contribution in [-0.4, -0.2) is 153 Å². The third kappa shape index (κ3) is 18.7. The Morgan fingerprint density at radius 1 is 0.488 bits per heavy atom. The maximum atomic E-state index is 12.3. The molecule has 4 aromatic rings. The van der Waals surface area contributed by atoms with Crippen molar-refractivity contribution in [3.05, 3.63) is 119 Å². The topological polar surface area (TPSA) is 328 Å². The fourth-order valence-corrected chi connectivity index (χ4v) is 15.8. The number of rotatable bonds is 23. The molecule has 2 N–H and O–H groups in total. The van der Waals surface area contributed by atoms with Gasteiger partial charge in [-0.15, -0.1) is 0 Å². The van der Waals surface area contributed by atoms with Crippen LogP contribution >= 0.6 is 0 Å². The Morgan fingerprint density at radius 2 is 0.826 bits per heavy atom. The molecule has 0 spiro atoms. The zero-order chi connectivity index (χ0) is 62.2. The van der Waals surface area contributed by atoms with Gasteiger partial charge in [0.2, 0.25) is 0 Å². The Kier molecular flexibility index (Phi) is 24.0. The van der Waals surface area contributed by atoms with Crippen LogP contribution in [0.2, 0.25) is 0 Å². The van der Waals surface area contributed by atoms with Gasteiger partial charge >= 0.3 is 29.6 Å². The predicted octanol–water partition coefficient (Wildman–Crippen LogP) is 7.31. The molecular weight excluding hydrogens is 1200 g/mol. The second kappa shape index (κ2) is 30.6. The van der Waals surface area contributed by atoms with Crippen molar-refractivity contribution in [2.75, 3.05) is 46.2 Å². The fourth-order valence-electron chi connectivity index (χ4n) is 9.13. The van der Waals surface area contributed by atoms with Crippen molar-refractivity contribution in [3.63, 3.8) is 0 Å². The van der Waals surface area contributed by atoms with Gasteiger partial charge in [-0.1, -0.05) is 36.4 Å². The van der Waals surface area contributed by atoms with Crippen molar-refractivity contribution in [3.8, 4) is 0 Å². The van der Waals surface area contributed by atoms with Gasteiger partial charge in [-0.05, 0) is 175 Å². The van der Waals surface area contributed by atoms with E-state index >= 15 is 0 Å². The van der Waals surface area contributed by atoms with Gasteiger partial charge in [-0.25, -0.2) is 48.1 Å². The molecule has 4 aromatic carbocycles. The van der Waals surface area contributed by atoms with Crippen LogP contribution in [0.3, 0.4) is 0 Å². The van der Waals surface area contributed by atoms with Crippen LogP contribution in [0.15, 0.2) is 117 Å². The quantitative estimate of drug-likeness (QED) is 0.0242. The normalized spacial score (nSPS) is 18.1. The van der Waals surface area contributed by atoms with Crippen LogP contribution in [0.25, 0.3) is 0 Å². The second-order valence-corrected chi connectivity index (χ2v) is 30.1. The summed E-state index contributed by atoms with van der Waals surface area (Å²) in [7, 11) is -12.9. The lowest BCUT2D eigenvalue weighted by Gasteiger charge is -2.27. The summed E-state index contributed by atoms with van der Waals surface area (Å²) in [5, 5.41) is 8.41. The summed E-state index contributed by atoms with van der Waals surface area (Å²) in [6, 6.07) is 24.7. The summed E-state index contributed by atoms with van der Waals surface area (Å²) in [4.78, 5) is 51.0. The number of carboxylic acids is 1. The Balaban J connectivity index is 0.000000165. The molecule has 26 heteroatoms. The molecule has 4 aliphatic carbocycles. The molecular formula is C60H75N2O20S4+. The number of benzene rings is 4. The molecule has 0 bridgehead atoms. The lowest BCUT2D eigenvalue weighted by atomic mass is 10.1. The van der Waals surface area contributed by atoms with E-state index in [4.69, 9.17) is 38.7 Å². The monoisotopic (exact) mass is 1270 g/mol. The molecule has 0 amide bonds. The van der Waals surface area contributed by atoms with Gasteiger partial charge in [-0.3, -0.25) is 4.79 Å².